The average Bonchev–Trinajstić information content (AvgIpc) is 2.82. The van der Waals surface area contributed by atoms with Gasteiger partial charge in [-0.1, -0.05) is 73.3 Å². The van der Waals surface area contributed by atoms with Gasteiger partial charge in [0.2, 0.25) is 0 Å². The molecule has 3 heteroatoms. The Kier molecular flexibility index (Phi) is 3.92. The van der Waals surface area contributed by atoms with Gasteiger partial charge in [0, 0.05) is 11.1 Å². The molecule has 3 aromatic rings. The second-order valence-electron chi connectivity index (χ2n) is 5.93. The third-order valence-corrected chi connectivity index (χ3v) is 4.38. The Labute approximate surface area is 147 Å². The van der Waals surface area contributed by atoms with Gasteiger partial charge < -0.3 is 10.6 Å². The van der Waals surface area contributed by atoms with E-state index >= 15 is 0 Å². The lowest BCUT2D eigenvalue weighted by Gasteiger charge is -2.30. The topological polar surface area (TPSA) is 41.6 Å². The molecule has 3 aromatic carbocycles. The molecule has 0 aliphatic carbocycles. The van der Waals surface area contributed by atoms with E-state index in [1.54, 1.807) is 6.08 Å². The molecule has 1 aliphatic rings. The number of aliphatic imine (C=N–C) groups is 1. The predicted molar refractivity (Wildman–Crippen MR) is 105 cm³/mol. The molecule has 0 saturated heterocycles. The molecule has 0 amide bonds. The first-order valence-electron chi connectivity index (χ1n) is 8.29. The van der Waals surface area contributed by atoms with E-state index in [0.717, 1.165) is 33.9 Å². The Hall–Kier alpha value is -3.17. The Morgan fingerprint density at radius 3 is 2.24 bits per heavy atom. The first-order chi connectivity index (χ1) is 12.3. The third kappa shape index (κ3) is 2.65. The lowest BCUT2D eigenvalue weighted by Crippen LogP contribution is -2.37. The van der Waals surface area contributed by atoms with Gasteiger partial charge in [-0.15, -0.1) is 0 Å². The first kappa shape index (κ1) is 15.4. The fourth-order valence-corrected chi connectivity index (χ4v) is 3.20. The summed E-state index contributed by atoms with van der Waals surface area (Å²) >= 11 is 0. The van der Waals surface area contributed by atoms with Gasteiger partial charge in [0.15, 0.2) is 0 Å². The van der Waals surface area contributed by atoms with Crippen LogP contribution in [-0.4, -0.2) is 11.9 Å². The van der Waals surface area contributed by atoms with Gasteiger partial charge in [0.25, 0.3) is 0 Å². The summed E-state index contributed by atoms with van der Waals surface area (Å²) in [5.41, 5.74) is 12.4. The number of hydrogen-bond acceptors (Lipinski definition) is 3. The predicted octanol–water partition coefficient (Wildman–Crippen LogP) is 4.78. The summed E-state index contributed by atoms with van der Waals surface area (Å²) < 4.78 is 0. The molecular weight excluding hydrogens is 306 g/mol. The van der Waals surface area contributed by atoms with Gasteiger partial charge in [-0.2, -0.15) is 0 Å². The molecule has 0 bridgehead atoms. The molecule has 0 fully saturated rings. The van der Waals surface area contributed by atoms with Crippen LogP contribution in [0.15, 0.2) is 96.5 Å². The van der Waals surface area contributed by atoms with Crippen LogP contribution in [0.25, 0.3) is 0 Å². The van der Waals surface area contributed by atoms with E-state index in [4.69, 9.17) is 10.7 Å². The minimum atomic E-state index is -0.340. The molecule has 2 N–H and O–H groups in total. The van der Waals surface area contributed by atoms with Gasteiger partial charge >= 0.3 is 0 Å². The van der Waals surface area contributed by atoms with Crippen molar-refractivity contribution in [1.29, 1.82) is 0 Å². The lowest BCUT2D eigenvalue weighted by atomic mass is 10.00. The highest BCUT2D eigenvalue weighted by Gasteiger charge is 2.25. The normalized spacial score (nSPS) is 14.0. The van der Waals surface area contributed by atoms with E-state index in [1.807, 2.05) is 54.6 Å². The Morgan fingerprint density at radius 2 is 1.48 bits per heavy atom. The second-order valence-corrected chi connectivity index (χ2v) is 5.93. The molecule has 0 spiro atoms. The second kappa shape index (κ2) is 6.38. The summed E-state index contributed by atoms with van der Waals surface area (Å²) in [6.07, 6.45) is 1.41. The van der Waals surface area contributed by atoms with Gasteiger partial charge in [0.1, 0.15) is 6.17 Å². The molecule has 1 aliphatic heterocycles. The van der Waals surface area contributed by atoms with Crippen LogP contribution < -0.4 is 10.6 Å². The fourth-order valence-electron chi connectivity index (χ4n) is 3.20. The van der Waals surface area contributed by atoms with Crippen molar-refractivity contribution in [3.63, 3.8) is 0 Å². The highest BCUT2D eigenvalue weighted by molar-refractivity contribution is 6.18. The number of benzene rings is 3. The zero-order chi connectivity index (χ0) is 17.2. The quantitative estimate of drug-likeness (QED) is 0.704. The Bertz CT molecular complexity index is 944. The number of anilines is 2. The third-order valence-electron chi connectivity index (χ3n) is 4.38. The molecule has 0 saturated carbocycles. The number of rotatable bonds is 3. The maximum Gasteiger partial charge on any atom is 0.101 e. The summed E-state index contributed by atoms with van der Waals surface area (Å²) in [7, 11) is 0. The molecule has 0 aromatic heterocycles. The number of nitrogens with two attached hydrogens (primary N) is 1. The van der Waals surface area contributed by atoms with Gasteiger partial charge in [-0.05, 0) is 18.2 Å². The Balaban J connectivity index is 2.04. The number of nitrogens with zero attached hydrogens (tertiary/aromatic N) is 2. The molecule has 4 rings (SSSR count). The molecular formula is C22H19N3. The highest BCUT2D eigenvalue weighted by atomic mass is 15.2. The fraction of sp³-hybridized carbons (Fsp3) is 0.0455. The number of hydrogen-bond donors (Lipinski definition) is 1. The van der Waals surface area contributed by atoms with E-state index in [1.165, 1.54) is 0 Å². The van der Waals surface area contributed by atoms with Crippen molar-refractivity contribution in [3.8, 4) is 0 Å². The maximum atomic E-state index is 6.39. The van der Waals surface area contributed by atoms with Crippen molar-refractivity contribution >= 4 is 22.8 Å². The Morgan fingerprint density at radius 1 is 0.840 bits per heavy atom. The van der Waals surface area contributed by atoms with Crippen LogP contribution in [0.4, 0.5) is 17.1 Å². The molecule has 3 nitrogen and oxygen atoms in total. The van der Waals surface area contributed by atoms with Crippen LogP contribution in [-0.2, 0) is 0 Å². The molecule has 1 atom stereocenters. The summed E-state index contributed by atoms with van der Waals surface area (Å²) in [5.74, 6) is 0. The molecule has 1 unspecified atom stereocenters. The van der Waals surface area contributed by atoms with E-state index in [2.05, 4.69) is 35.7 Å². The van der Waals surface area contributed by atoms with Crippen LogP contribution in [0.5, 0.6) is 0 Å². The van der Waals surface area contributed by atoms with E-state index in [0.29, 0.717) is 0 Å². The maximum absolute atomic E-state index is 6.39. The molecule has 25 heavy (non-hydrogen) atoms. The van der Waals surface area contributed by atoms with Crippen LogP contribution in [0.2, 0.25) is 0 Å². The summed E-state index contributed by atoms with van der Waals surface area (Å²) in [5, 5.41) is 0. The highest BCUT2D eigenvalue weighted by Crippen LogP contribution is 2.41. The summed E-state index contributed by atoms with van der Waals surface area (Å²) in [6, 6.07) is 26.6. The zero-order valence-corrected chi connectivity index (χ0v) is 13.8. The smallest absolute Gasteiger partial charge is 0.101 e. The van der Waals surface area contributed by atoms with Crippen LogP contribution in [0.1, 0.15) is 11.1 Å². The van der Waals surface area contributed by atoms with Crippen molar-refractivity contribution in [2.75, 3.05) is 4.90 Å². The first-order valence-corrected chi connectivity index (χ1v) is 8.29. The average molecular weight is 325 g/mol. The SMILES string of the molecule is C=CC(N)N1c2ccccc2N=C(c2ccccc2)c2ccccc21. The van der Waals surface area contributed by atoms with Crippen molar-refractivity contribution in [1.82, 2.24) is 0 Å². The van der Waals surface area contributed by atoms with E-state index in [9.17, 15) is 0 Å². The van der Waals surface area contributed by atoms with Gasteiger partial charge in [-0.3, -0.25) is 0 Å². The van der Waals surface area contributed by atoms with Crippen molar-refractivity contribution in [2.45, 2.75) is 6.17 Å². The number of para-hydroxylation sites is 3. The molecule has 0 radical (unpaired) electrons. The van der Waals surface area contributed by atoms with Crippen molar-refractivity contribution in [3.05, 3.63) is 103 Å². The van der Waals surface area contributed by atoms with Gasteiger partial charge in [-0.25, -0.2) is 4.99 Å². The monoisotopic (exact) mass is 325 g/mol. The lowest BCUT2D eigenvalue weighted by molar-refractivity contribution is 0.827. The zero-order valence-electron chi connectivity index (χ0n) is 13.8. The van der Waals surface area contributed by atoms with E-state index in [-0.39, 0.29) is 6.17 Å². The van der Waals surface area contributed by atoms with Crippen LogP contribution >= 0.6 is 0 Å². The minimum Gasteiger partial charge on any atom is -0.319 e. The molecule has 1 heterocycles. The number of fused-ring (bicyclic) bond motifs is 2. The van der Waals surface area contributed by atoms with Crippen LogP contribution in [0.3, 0.4) is 0 Å². The largest absolute Gasteiger partial charge is 0.319 e. The van der Waals surface area contributed by atoms with Gasteiger partial charge in [0.05, 0.1) is 22.8 Å². The minimum absolute atomic E-state index is 0.340. The van der Waals surface area contributed by atoms with Crippen molar-refractivity contribution in [2.24, 2.45) is 10.7 Å². The van der Waals surface area contributed by atoms with Crippen LogP contribution in [0, 0.1) is 0 Å². The van der Waals surface area contributed by atoms with Crippen molar-refractivity contribution < 1.29 is 0 Å². The van der Waals surface area contributed by atoms with E-state index < -0.39 is 0 Å². The summed E-state index contributed by atoms with van der Waals surface area (Å²) in [6.45, 7) is 3.89. The summed E-state index contributed by atoms with van der Waals surface area (Å²) in [4.78, 5) is 7.10. The standard InChI is InChI=1S/C22H19N3/c1-2-21(23)25-19-14-8-6-12-17(19)22(16-10-4-3-5-11-16)24-18-13-7-9-15-20(18)25/h2-15,21H,1,23H2. The molecule has 122 valence electrons.